The molecule has 15 heteroatoms. The number of hydrogen-bond acceptors (Lipinski definition) is 10. The summed E-state index contributed by atoms with van der Waals surface area (Å²) in [6.45, 7) is 7.73. The molecule has 3 aromatic rings. The molecule has 2 amide bonds. The molecule has 6 rings (SSSR count). The maximum absolute atomic E-state index is 13.2. The molecule has 11 nitrogen and oxygen atoms in total. The minimum absolute atomic E-state index is 0.0199. The predicted octanol–water partition coefficient (Wildman–Crippen LogP) is 3.14. The number of anilines is 1. The number of pyridine rings is 1. The number of amides is 2. The van der Waals surface area contributed by atoms with Gasteiger partial charge in [0.25, 0.3) is 6.43 Å². The number of aliphatic hydroxyl groups is 1. The SMILES string of the molecule is CC1CN(c2cc(SNC3(O)CC3)cn3c(-c4nnc(C(F)F)s4)ncc23)CCN1C(=O)N(C)CCN1CCC1. The summed E-state index contributed by atoms with van der Waals surface area (Å²) in [7, 11) is 1.87. The van der Waals surface area contributed by atoms with Gasteiger partial charge in [-0.3, -0.25) is 4.40 Å². The van der Waals surface area contributed by atoms with Gasteiger partial charge in [-0.15, -0.1) is 10.2 Å². The van der Waals surface area contributed by atoms with Gasteiger partial charge in [-0.25, -0.2) is 23.3 Å². The van der Waals surface area contributed by atoms with Gasteiger partial charge in [0, 0.05) is 56.9 Å². The number of carbonyl (C=O) groups is 1. The Labute approximate surface area is 239 Å². The smallest absolute Gasteiger partial charge is 0.320 e. The van der Waals surface area contributed by atoms with E-state index in [1.807, 2.05) is 33.5 Å². The zero-order valence-electron chi connectivity index (χ0n) is 22.5. The monoisotopic (exact) mass is 593 g/mol. The standard InChI is InChI=1S/C25H33F2N9O2S2/c1-16-14-34(10-11-35(16)24(37)32(2)8-9-33-6-3-7-33)18-12-17(40-31-25(38)4-5-25)15-36-19(18)13-28-21(36)23-30-29-22(39-23)20(26)27/h12-13,15-16,20,31,38H,3-11,14H2,1-2H3. The van der Waals surface area contributed by atoms with Gasteiger partial charge in [0.2, 0.25) is 0 Å². The van der Waals surface area contributed by atoms with Crippen LogP contribution in [0.2, 0.25) is 0 Å². The predicted molar refractivity (Wildman–Crippen MR) is 150 cm³/mol. The molecule has 3 fully saturated rings. The Balaban J connectivity index is 1.24. The van der Waals surface area contributed by atoms with E-state index >= 15 is 0 Å². The first-order valence-corrected chi connectivity index (χ1v) is 15.1. The first kappa shape index (κ1) is 27.6. The van der Waals surface area contributed by atoms with Gasteiger partial charge < -0.3 is 24.7 Å². The molecule has 5 heterocycles. The fourth-order valence-corrected chi connectivity index (χ4v) is 6.51. The van der Waals surface area contributed by atoms with Crippen LogP contribution < -0.4 is 9.62 Å². The topological polar surface area (TPSA) is 105 Å². The van der Waals surface area contributed by atoms with Crippen LogP contribution in [0.25, 0.3) is 16.3 Å². The number of nitrogens with one attached hydrogen (secondary N) is 1. The first-order chi connectivity index (χ1) is 19.2. The van der Waals surface area contributed by atoms with E-state index in [0.717, 1.165) is 47.1 Å². The maximum Gasteiger partial charge on any atom is 0.320 e. The Kier molecular flexibility index (Phi) is 7.59. The summed E-state index contributed by atoms with van der Waals surface area (Å²) >= 11 is 2.14. The Hall–Kier alpha value is -2.59. The van der Waals surface area contributed by atoms with E-state index in [1.165, 1.54) is 18.4 Å². The maximum atomic E-state index is 13.2. The number of alkyl halides is 2. The lowest BCUT2D eigenvalue weighted by Crippen LogP contribution is -2.57. The third-order valence-corrected chi connectivity index (χ3v) is 9.60. The van der Waals surface area contributed by atoms with Gasteiger partial charge in [0.1, 0.15) is 5.72 Å². The zero-order valence-corrected chi connectivity index (χ0v) is 24.1. The Morgan fingerprint density at radius 3 is 2.75 bits per heavy atom. The molecule has 1 unspecified atom stereocenters. The molecule has 0 spiro atoms. The van der Waals surface area contributed by atoms with Gasteiger partial charge >= 0.3 is 6.03 Å². The van der Waals surface area contributed by atoms with E-state index in [1.54, 1.807) is 6.20 Å². The summed E-state index contributed by atoms with van der Waals surface area (Å²) < 4.78 is 31.4. The molecular formula is C25H33F2N9O2S2. The molecule has 40 heavy (non-hydrogen) atoms. The number of rotatable bonds is 9. The van der Waals surface area contributed by atoms with Gasteiger partial charge in [-0.2, -0.15) is 0 Å². The lowest BCUT2D eigenvalue weighted by atomic mass is 10.1. The van der Waals surface area contributed by atoms with Crippen molar-refractivity contribution in [3.63, 3.8) is 0 Å². The molecule has 216 valence electrons. The van der Waals surface area contributed by atoms with Gasteiger partial charge in [-0.1, -0.05) is 11.3 Å². The molecule has 2 aliphatic heterocycles. The number of imidazole rings is 1. The Bertz CT molecular complexity index is 1380. The van der Waals surface area contributed by atoms with Crippen molar-refractivity contribution >= 4 is 40.5 Å². The van der Waals surface area contributed by atoms with Crippen LogP contribution in [0.15, 0.2) is 23.4 Å². The van der Waals surface area contributed by atoms with Crippen LogP contribution in [0.1, 0.15) is 37.6 Å². The second-order valence-corrected chi connectivity index (χ2v) is 12.7. The van der Waals surface area contributed by atoms with Gasteiger partial charge in [0.05, 0.1) is 17.4 Å². The molecule has 2 N–H and O–H groups in total. The van der Waals surface area contributed by atoms with E-state index in [-0.39, 0.29) is 17.1 Å². The van der Waals surface area contributed by atoms with Crippen molar-refractivity contribution in [2.75, 3.05) is 57.8 Å². The number of hydrogen-bond donors (Lipinski definition) is 2. The molecule has 0 radical (unpaired) electrons. The second kappa shape index (κ2) is 11.0. The van der Waals surface area contributed by atoms with Gasteiger partial charge in [0.15, 0.2) is 15.8 Å². The summed E-state index contributed by atoms with van der Waals surface area (Å²) in [6.07, 6.45) is 3.49. The summed E-state index contributed by atoms with van der Waals surface area (Å²) in [5, 5.41) is 17.9. The molecule has 0 bridgehead atoms. The number of urea groups is 1. The first-order valence-electron chi connectivity index (χ1n) is 13.5. The van der Waals surface area contributed by atoms with Crippen molar-refractivity contribution < 1.29 is 18.7 Å². The van der Waals surface area contributed by atoms with Crippen LogP contribution in [-0.4, -0.2) is 110 Å². The van der Waals surface area contributed by atoms with Crippen LogP contribution >= 0.6 is 23.3 Å². The number of fused-ring (bicyclic) bond motifs is 1. The summed E-state index contributed by atoms with van der Waals surface area (Å²) in [4.78, 5) is 26.9. The van der Waals surface area contributed by atoms with E-state index in [9.17, 15) is 18.7 Å². The number of nitrogens with zero attached hydrogens (tertiary/aromatic N) is 8. The van der Waals surface area contributed by atoms with Crippen LogP contribution in [0, 0.1) is 0 Å². The van der Waals surface area contributed by atoms with Crippen LogP contribution in [0.4, 0.5) is 19.3 Å². The Morgan fingerprint density at radius 2 is 2.10 bits per heavy atom. The Morgan fingerprint density at radius 1 is 1.30 bits per heavy atom. The van der Waals surface area contributed by atoms with E-state index in [4.69, 9.17) is 0 Å². The van der Waals surface area contributed by atoms with Crippen LogP contribution in [0.3, 0.4) is 0 Å². The number of piperazine rings is 1. The largest absolute Gasteiger partial charge is 0.375 e. The normalized spacial score (nSPS) is 20.8. The van der Waals surface area contributed by atoms with Gasteiger partial charge in [-0.05, 0) is 57.3 Å². The molecule has 1 atom stereocenters. The van der Waals surface area contributed by atoms with Crippen molar-refractivity contribution in [1.29, 1.82) is 0 Å². The zero-order chi connectivity index (χ0) is 28.0. The number of likely N-dealkylation sites (tertiary alicyclic amines) is 1. The highest BCUT2D eigenvalue weighted by Gasteiger charge is 2.40. The molecule has 1 aliphatic carbocycles. The number of carbonyl (C=O) groups excluding carboxylic acids is 1. The van der Waals surface area contributed by atoms with Crippen LogP contribution in [-0.2, 0) is 0 Å². The fourth-order valence-electron chi connectivity index (χ4n) is 4.98. The highest BCUT2D eigenvalue weighted by Crippen LogP contribution is 2.38. The minimum Gasteiger partial charge on any atom is -0.375 e. The van der Waals surface area contributed by atoms with Crippen molar-refractivity contribution in [2.24, 2.45) is 0 Å². The highest BCUT2D eigenvalue weighted by molar-refractivity contribution is 7.97. The lowest BCUT2D eigenvalue weighted by molar-refractivity contribution is 0.123. The van der Waals surface area contributed by atoms with E-state index in [2.05, 4.69) is 36.6 Å². The highest BCUT2D eigenvalue weighted by atomic mass is 32.2. The molecular weight excluding hydrogens is 560 g/mol. The van der Waals surface area contributed by atoms with Crippen LogP contribution in [0.5, 0.6) is 0 Å². The molecule has 2 saturated heterocycles. The molecule has 1 saturated carbocycles. The average Bonchev–Trinajstić information content (AvgIpc) is 3.27. The summed E-state index contributed by atoms with van der Waals surface area (Å²) in [5.41, 5.74) is 0.847. The summed E-state index contributed by atoms with van der Waals surface area (Å²) in [6, 6.07) is 2.06. The van der Waals surface area contributed by atoms with E-state index in [0.29, 0.717) is 49.9 Å². The third kappa shape index (κ3) is 5.62. The minimum atomic E-state index is -2.70. The number of halogens is 2. The van der Waals surface area contributed by atoms with Crippen molar-refractivity contribution in [3.8, 4) is 10.8 Å². The van der Waals surface area contributed by atoms with Crippen molar-refractivity contribution in [1.82, 2.24) is 39.0 Å². The quantitative estimate of drug-likeness (QED) is 0.286. The number of aromatic nitrogens is 4. The second-order valence-electron chi connectivity index (χ2n) is 10.8. The van der Waals surface area contributed by atoms with E-state index < -0.39 is 12.2 Å². The fraction of sp³-hybridized carbons (Fsp3) is 0.600. The lowest BCUT2D eigenvalue weighted by Gasteiger charge is -2.43. The summed E-state index contributed by atoms with van der Waals surface area (Å²) in [5.74, 6) is 0.430. The molecule has 0 aromatic carbocycles. The average molecular weight is 594 g/mol. The van der Waals surface area contributed by atoms with Crippen molar-refractivity contribution in [2.45, 2.75) is 49.3 Å². The number of likely N-dealkylation sites (N-methyl/N-ethyl adjacent to an activating group) is 1. The molecule has 3 aromatic heterocycles. The molecule has 3 aliphatic rings. The third-order valence-electron chi connectivity index (χ3n) is 7.74. The van der Waals surface area contributed by atoms with Crippen molar-refractivity contribution in [3.05, 3.63) is 23.5 Å².